The first-order valence-corrected chi connectivity index (χ1v) is 6.29. The van der Waals surface area contributed by atoms with E-state index >= 15 is 0 Å². The highest BCUT2D eigenvalue weighted by molar-refractivity contribution is 5.85. The van der Waals surface area contributed by atoms with Crippen LogP contribution < -0.4 is 0 Å². The summed E-state index contributed by atoms with van der Waals surface area (Å²) in [5, 5.41) is 0. The average Bonchev–Trinajstić information content (AvgIpc) is 2.81. The summed E-state index contributed by atoms with van der Waals surface area (Å²) in [5.74, 6) is -0.516. The van der Waals surface area contributed by atoms with Gasteiger partial charge in [0.2, 0.25) is 5.72 Å². The van der Waals surface area contributed by atoms with E-state index in [0.717, 1.165) is 6.42 Å². The van der Waals surface area contributed by atoms with Gasteiger partial charge >= 0.3 is 12.1 Å². The van der Waals surface area contributed by atoms with Gasteiger partial charge in [0.05, 0.1) is 13.2 Å². The number of nitrogens with zero attached hydrogens (tertiary/aromatic N) is 1. The Hall–Kier alpha value is -1.30. The maximum absolute atomic E-state index is 12.1. The lowest BCUT2D eigenvalue weighted by atomic mass is 10.1. The molecule has 6 nitrogen and oxygen atoms in total. The Morgan fingerprint density at radius 3 is 2.56 bits per heavy atom. The van der Waals surface area contributed by atoms with Crippen LogP contribution in [0, 0.1) is 0 Å². The fourth-order valence-corrected chi connectivity index (χ4v) is 2.05. The molecule has 18 heavy (non-hydrogen) atoms. The van der Waals surface area contributed by atoms with E-state index in [9.17, 15) is 9.59 Å². The standard InChI is InChI=1S/C12H21NO5/c1-4-9-18-10(14)12(16-3)7-6-8-13(12)11(15)17-5-2/h4-9H2,1-3H3/t12-/m1/s1. The molecule has 0 aromatic heterocycles. The summed E-state index contributed by atoms with van der Waals surface area (Å²) in [5.41, 5.74) is -1.32. The van der Waals surface area contributed by atoms with Gasteiger partial charge < -0.3 is 14.2 Å². The largest absolute Gasteiger partial charge is 0.462 e. The van der Waals surface area contributed by atoms with Crippen molar-refractivity contribution in [1.82, 2.24) is 4.90 Å². The number of ether oxygens (including phenoxy) is 3. The van der Waals surface area contributed by atoms with Crippen LogP contribution in [0.3, 0.4) is 0 Å². The molecule has 1 aliphatic rings. The van der Waals surface area contributed by atoms with Crippen LogP contribution in [0.1, 0.15) is 33.1 Å². The zero-order chi connectivity index (χ0) is 13.6. The molecule has 1 fully saturated rings. The Kier molecular flexibility index (Phi) is 5.40. The molecule has 1 rings (SSSR count). The lowest BCUT2D eigenvalue weighted by Crippen LogP contribution is -2.55. The Balaban J connectivity index is 2.83. The molecule has 0 radical (unpaired) electrons. The van der Waals surface area contributed by atoms with Gasteiger partial charge in [-0.15, -0.1) is 0 Å². The Labute approximate surface area is 107 Å². The van der Waals surface area contributed by atoms with E-state index in [4.69, 9.17) is 14.2 Å². The molecule has 0 N–H and O–H groups in total. The minimum Gasteiger partial charge on any atom is -0.462 e. The summed E-state index contributed by atoms with van der Waals surface area (Å²) >= 11 is 0. The van der Waals surface area contributed by atoms with Crippen LogP contribution in [0.15, 0.2) is 0 Å². The second kappa shape index (κ2) is 6.58. The fourth-order valence-electron chi connectivity index (χ4n) is 2.05. The number of amides is 1. The first-order valence-electron chi connectivity index (χ1n) is 6.29. The Morgan fingerprint density at radius 2 is 2.00 bits per heavy atom. The van der Waals surface area contributed by atoms with Crippen molar-refractivity contribution in [2.45, 2.75) is 38.8 Å². The summed E-state index contributed by atoms with van der Waals surface area (Å²) in [6.45, 7) is 4.65. The van der Waals surface area contributed by atoms with Gasteiger partial charge in [-0.25, -0.2) is 9.59 Å². The highest BCUT2D eigenvalue weighted by atomic mass is 16.6. The van der Waals surface area contributed by atoms with Gasteiger partial charge in [-0.3, -0.25) is 4.90 Å². The summed E-state index contributed by atoms with van der Waals surface area (Å²) in [4.78, 5) is 25.2. The van der Waals surface area contributed by atoms with Crippen molar-refractivity contribution in [3.05, 3.63) is 0 Å². The van der Waals surface area contributed by atoms with Crippen molar-refractivity contribution in [3.63, 3.8) is 0 Å². The number of carbonyl (C=O) groups is 2. The van der Waals surface area contributed by atoms with Crippen molar-refractivity contribution in [2.75, 3.05) is 26.9 Å². The van der Waals surface area contributed by atoms with Gasteiger partial charge in [0.15, 0.2) is 0 Å². The van der Waals surface area contributed by atoms with Crippen molar-refractivity contribution >= 4 is 12.1 Å². The van der Waals surface area contributed by atoms with Crippen LogP contribution in [-0.2, 0) is 19.0 Å². The predicted octanol–water partition coefficient (Wildman–Crippen LogP) is 1.53. The minimum atomic E-state index is -1.32. The molecule has 1 saturated heterocycles. The van der Waals surface area contributed by atoms with Gasteiger partial charge in [0, 0.05) is 20.1 Å². The lowest BCUT2D eigenvalue weighted by molar-refractivity contribution is -0.186. The molecule has 1 heterocycles. The normalized spacial score (nSPS) is 22.9. The molecule has 0 aromatic carbocycles. The van der Waals surface area contributed by atoms with E-state index in [2.05, 4.69) is 0 Å². The lowest BCUT2D eigenvalue weighted by Gasteiger charge is -2.33. The molecule has 0 unspecified atom stereocenters. The van der Waals surface area contributed by atoms with E-state index in [0.29, 0.717) is 26.0 Å². The first kappa shape index (κ1) is 14.8. The number of carbonyl (C=O) groups excluding carboxylic acids is 2. The summed E-state index contributed by atoms with van der Waals surface area (Å²) in [6.07, 6.45) is 1.31. The van der Waals surface area contributed by atoms with E-state index < -0.39 is 17.8 Å². The van der Waals surface area contributed by atoms with Gasteiger partial charge in [0.1, 0.15) is 0 Å². The monoisotopic (exact) mass is 259 g/mol. The molecular formula is C12H21NO5. The molecule has 0 aromatic rings. The minimum absolute atomic E-state index is 0.263. The number of hydrogen-bond donors (Lipinski definition) is 0. The zero-order valence-electron chi connectivity index (χ0n) is 11.2. The Morgan fingerprint density at radius 1 is 1.28 bits per heavy atom. The number of rotatable bonds is 5. The molecule has 0 saturated carbocycles. The molecule has 6 heteroatoms. The third-order valence-electron chi connectivity index (χ3n) is 2.92. The number of methoxy groups -OCH3 is 1. The average molecular weight is 259 g/mol. The van der Waals surface area contributed by atoms with Crippen molar-refractivity contribution in [1.29, 1.82) is 0 Å². The van der Waals surface area contributed by atoms with Gasteiger partial charge in [-0.2, -0.15) is 0 Å². The smallest absolute Gasteiger partial charge is 0.412 e. The first-order chi connectivity index (χ1) is 8.62. The third kappa shape index (κ3) is 2.75. The molecule has 0 aliphatic carbocycles. The fraction of sp³-hybridized carbons (Fsp3) is 0.833. The van der Waals surface area contributed by atoms with Crippen LogP contribution in [0.2, 0.25) is 0 Å². The molecule has 104 valence electrons. The molecule has 1 aliphatic heterocycles. The second-order valence-corrected chi connectivity index (χ2v) is 4.08. The van der Waals surface area contributed by atoms with E-state index in [-0.39, 0.29) is 6.61 Å². The summed E-state index contributed by atoms with van der Waals surface area (Å²) in [6, 6.07) is 0. The second-order valence-electron chi connectivity index (χ2n) is 4.08. The zero-order valence-corrected chi connectivity index (χ0v) is 11.2. The van der Waals surface area contributed by atoms with Gasteiger partial charge in [0.25, 0.3) is 0 Å². The van der Waals surface area contributed by atoms with Crippen molar-refractivity contribution < 1.29 is 23.8 Å². The van der Waals surface area contributed by atoms with Gasteiger partial charge in [-0.1, -0.05) is 6.92 Å². The van der Waals surface area contributed by atoms with E-state index in [1.54, 1.807) is 6.92 Å². The number of esters is 1. The quantitative estimate of drug-likeness (QED) is 0.701. The third-order valence-corrected chi connectivity index (χ3v) is 2.92. The summed E-state index contributed by atoms with van der Waals surface area (Å²) < 4.78 is 15.3. The van der Waals surface area contributed by atoms with Crippen molar-refractivity contribution in [3.8, 4) is 0 Å². The van der Waals surface area contributed by atoms with Crippen LogP contribution in [0.25, 0.3) is 0 Å². The maximum Gasteiger partial charge on any atom is 0.412 e. The van der Waals surface area contributed by atoms with Crippen LogP contribution in [0.5, 0.6) is 0 Å². The number of hydrogen-bond acceptors (Lipinski definition) is 5. The SMILES string of the molecule is CCCOC(=O)[C@]1(OC)CCCN1C(=O)OCC. The van der Waals surface area contributed by atoms with E-state index in [1.807, 2.05) is 6.92 Å². The van der Waals surface area contributed by atoms with Crippen molar-refractivity contribution in [2.24, 2.45) is 0 Å². The predicted molar refractivity (Wildman–Crippen MR) is 64.0 cm³/mol. The van der Waals surface area contributed by atoms with Gasteiger partial charge in [-0.05, 0) is 19.8 Å². The van der Waals surface area contributed by atoms with Crippen LogP contribution >= 0.6 is 0 Å². The topological polar surface area (TPSA) is 65.1 Å². The molecule has 1 amide bonds. The molecular weight excluding hydrogens is 238 g/mol. The molecule has 1 atom stereocenters. The highest BCUT2D eigenvalue weighted by Crippen LogP contribution is 2.32. The van der Waals surface area contributed by atoms with Crippen LogP contribution in [-0.4, -0.2) is 49.6 Å². The Bertz CT molecular complexity index is 307. The molecule has 0 bridgehead atoms. The molecule has 0 spiro atoms. The summed E-state index contributed by atoms with van der Waals surface area (Å²) in [7, 11) is 1.41. The maximum atomic E-state index is 12.1. The highest BCUT2D eigenvalue weighted by Gasteiger charge is 2.52. The number of likely N-dealkylation sites (tertiary alicyclic amines) is 1. The van der Waals surface area contributed by atoms with Crippen LogP contribution in [0.4, 0.5) is 4.79 Å². The van der Waals surface area contributed by atoms with E-state index in [1.165, 1.54) is 12.0 Å².